The van der Waals surface area contributed by atoms with Crippen LogP contribution in [-0.4, -0.2) is 42.5 Å². The van der Waals surface area contributed by atoms with E-state index in [2.05, 4.69) is 16.7 Å². The highest BCUT2D eigenvalue weighted by molar-refractivity contribution is 5.85. The molecule has 1 saturated heterocycles. The van der Waals surface area contributed by atoms with E-state index in [1.54, 1.807) is 24.3 Å². The van der Waals surface area contributed by atoms with Crippen molar-refractivity contribution in [3.8, 4) is 6.07 Å². The molecule has 3 amide bonds. The van der Waals surface area contributed by atoms with E-state index in [0.717, 1.165) is 5.56 Å². The number of piperazine rings is 1. The normalized spacial score (nSPS) is 19.8. The Morgan fingerprint density at radius 1 is 1.24 bits per heavy atom. The predicted molar refractivity (Wildman–Crippen MR) is 110 cm³/mol. The van der Waals surface area contributed by atoms with Crippen molar-refractivity contribution in [1.82, 2.24) is 15.5 Å². The summed E-state index contributed by atoms with van der Waals surface area (Å²) in [6.07, 6.45) is 0. The Bertz CT molecular complexity index is 909. The van der Waals surface area contributed by atoms with Gasteiger partial charge in [-0.3, -0.25) is 4.79 Å². The molecule has 0 aliphatic carbocycles. The lowest BCUT2D eigenvalue weighted by Gasteiger charge is -2.41. The molecule has 2 aromatic rings. The largest absolute Gasteiger partial charge is 0.354 e. The van der Waals surface area contributed by atoms with Gasteiger partial charge in [-0.1, -0.05) is 55.5 Å². The Morgan fingerprint density at radius 2 is 1.93 bits per heavy atom. The van der Waals surface area contributed by atoms with Crippen molar-refractivity contribution in [1.29, 1.82) is 5.26 Å². The zero-order chi connectivity index (χ0) is 20.8. The third-order valence-electron chi connectivity index (χ3n) is 5.28. The van der Waals surface area contributed by atoms with E-state index in [-0.39, 0.29) is 11.8 Å². The van der Waals surface area contributed by atoms with Crippen LogP contribution in [0, 0.1) is 11.3 Å². The molecule has 29 heavy (non-hydrogen) atoms. The van der Waals surface area contributed by atoms with Crippen LogP contribution in [0.15, 0.2) is 54.6 Å². The first-order valence-corrected chi connectivity index (χ1v) is 9.64. The first-order chi connectivity index (χ1) is 14.0. The van der Waals surface area contributed by atoms with Gasteiger partial charge in [0, 0.05) is 19.6 Å². The fourth-order valence-corrected chi connectivity index (χ4v) is 3.72. The monoisotopic (exact) mass is 391 g/mol. The molecule has 7 heteroatoms. The summed E-state index contributed by atoms with van der Waals surface area (Å²) in [7, 11) is 0. The molecule has 2 aromatic carbocycles. The maximum Gasteiger partial charge on any atom is 0.315 e. The van der Waals surface area contributed by atoms with Gasteiger partial charge in [-0.15, -0.1) is 0 Å². The number of rotatable bonds is 5. The van der Waals surface area contributed by atoms with E-state index in [1.165, 1.54) is 4.90 Å². The Hall–Kier alpha value is -3.37. The van der Waals surface area contributed by atoms with Crippen LogP contribution in [0.3, 0.4) is 0 Å². The molecular weight excluding hydrogens is 366 g/mol. The topological polar surface area (TPSA) is 111 Å². The summed E-state index contributed by atoms with van der Waals surface area (Å²) in [5.74, 6) is -0.0858. The molecule has 7 nitrogen and oxygen atoms in total. The van der Waals surface area contributed by atoms with Crippen molar-refractivity contribution in [3.05, 3.63) is 71.3 Å². The van der Waals surface area contributed by atoms with E-state index < -0.39 is 18.1 Å². The van der Waals surface area contributed by atoms with Crippen molar-refractivity contribution in [2.75, 3.05) is 19.6 Å². The number of hydrogen-bond acceptors (Lipinski definition) is 4. The first kappa shape index (κ1) is 20.4. The fourth-order valence-electron chi connectivity index (χ4n) is 3.72. The minimum Gasteiger partial charge on any atom is -0.354 e. The van der Waals surface area contributed by atoms with Crippen LogP contribution in [0.1, 0.15) is 35.6 Å². The van der Waals surface area contributed by atoms with Crippen LogP contribution in [0.4, 0.5) is 4.79 Å². The molecule has 1 heterocycles. The molecule has 0 bridgehead atoms. The highest BCUT2D eigenvalue weighted by Crippen LogP contribution is 2.29. The SMILES string of the molecule is CC(CNC(=O)C1NCCN(C(N)=O)C1c1ccccc1C#N)c1ccccc1. The van der Waals surface area contributed by atoms with Crippen LogP contribution >= 0.6 is 0 Å². The Morgan fingerprint density at radius 3 is 2.62 bits per heavy atom. The first-order valence-electron chi connectivity index (χ1n) is 9.64. The van der Waals surface area contributed by atoms with Gasteiger partial charge in [-0.2, -0.15) is 5.26 Å². The molecule has 0 saturated carbocycles. The second kappa shape index (κ2) is 9.22. The summed E-state index contributed by atoms with van der Waals surface area (Å²) >= 11 is 0. The number of nitriles is 1. The molecule has 1 aliphatic heterocycles. The number of nitrogens with zero attached hydrogens (tertiary/aromatic N) is 2. The molecular formula is C22H25N5O2. The lowest BCUT2D eigenvalue weighted by Crippen LogP contribution is -2.61. The van der Waals surface area contributed by atoms with Crippen molar-refractivity contribution in [2.45, 2.75) is 24.9 Å². The smallest absolute Gasteiger partial charge is 0.315 e. The van der Waals surface area contributed by atoms with Gasteiger partial charge in [0.15, 0.2) is 0 Å². The van der Waals surface area contributed by atoms with Gasteiger partial charge in [-0.25, -0.2) is 4.79 Å². The van der Waals surface area contributed by atoms with Crippen LogP contribution in [0.25, 0.3) is 0 Å². The van der Waals surface area contributed by atoms with Crippen molar-refractivity contribution < 1.29 is 9.59 Å². The van der Waals surface area contributed by atoms with E-state index >= 15 is 0 Å². The number of benzene rings is 2. The predicted octanol–water partition coefficient (Wildman–Crippen LogP) is 1.87. The molecule has 3 rings (SSSR count). The Balaban J connectivity index is 1.82. The average Bonchev–Trinajstić information content (AvgIpc) is 2.77. The number of amides is 3. The molecule has 0 spiro atoms. The Labute approximate surface area is 170 Å². The average molecular weight is 391 g/mol. The maximum atomic E-state index is 13.1. The third kappa shape index (κ3) is 4.55. The van der Waals surface area contributed by atoms with Crippen LogP contribution in [0.2, 0.25) is 0 Å². The zero-order valence-corrected chi connectivity index (χ0v) is 16.3. The number of urea groups is 1. The summed E-state index contributed by atoms with van der Waals surface area (Å²) in [6.45, 7) is 3.32. The number of carbonyl (C=O) groups is 2. The number of hydrogen-bond donors (Lipinski definition) is 3. The van der Waals surface area contributed by atoms with E-state index in [4.69, 9.17) is 5.73 Å². The van der Waals surface area contributed by atoms with Crippen molar-refractivity contribution >= 4 is 11.9 Å². The maximum absolute atomic E-state index is 13.1. The minimum atomic E-state index is -0.700. The summed E-state index contributed by atoms with van der Waals surface area (Å²) < 4.78 is 0. The molecule has 150 valence electrons. The van der Waals surface area contributed by atoms with Gasteiger partial charge in [0.05, 0.1) is 17.7 Å². The molecule has 3 atom stereocenters. The summed E-state index contributed by atoms with van der Waals surface area (Å²) in [5, 5.41) is 15.7. The Kier molecular flexibility index (Phi) is 6.47. The van der Waals surface area contributed by atoms with E-state index in [1.807, 2.05) is 37.3 Å². The highest BCUT2D eigenvalue weighted by Gasteiger charge is 2.39. The number of carbonyl (C=O) groups excluding carboxylic acids is 2. The van der Waals surface area contributed by atoms with Gasteiger partial charge in [-0.05, 0) is 23.1 Å². The van der Waals surface area contributed by atoms with Crippen LogP contribution < -0.4 is 16.4 Å². The summed E-state index contributed by atoms with van der Waals surface area (Å²) in [4.78, 5) is 26.6. The molecule has 1 aliphatic rings. The lowest BCUT2D eigenvalue weighted by molar-refractivity contribution is -0.125. The summed E-state index contributed by atoms with van der Waals surface area (Å²) in [6, 6.07) is 17.1. The molecule has 4 N–H and O–H groups in total. The van der Waals surface area contributed by atoms with Crippen LogP contribution in [-0.2, 0) is 4.79 Å². The van der Waals surface area contributed by atoms with Gasteiger partial charge in [0.25, 0.3) is 0 Å². The molecule has 3 unspecified atom stereocenters. The second-order valence-corrected chi connectivity index (χ2v) is 7.16. The van der Waals surface area contributed by atoms with E-state index in [0.29, 0.717) is 30.8 Å². The number of nitrogens with one attached hydrogen (secondary N) is 2. The zero-order valence-electron chi connectivity index (χ0n) is 16.3. The van der Waals surface area contributed by atoms with Gasteiger partial charge in [0.1, 0.15) is 6.04 Å². The van der Waals surface area contributed by atoms with Crippen molar-refractivity contribution in [3.63, 3.8) is 0 Å². The number of nitrogens with two attached hydrogens (primary N) is 1. The highest BCUT2D eigenvalue weighted by atomic mass is 16.2. The molecule has 1 fully saturated rings. The van der Waals surface area contributed by atoms with Crippen LogP contribution in [0.5, 0.6) is 0 Å². The third-order valence-corrected chi connectivity index (χ3v) is 5.28. The molecule has 0 aromatic heterocycles. The van der Waals surface area contributed by atoms with Gasteiger partial charge < -0.3 is 21.3 Å². The lowest BCUT2D eigenvalue weighted by atomic mass is 9.91. The van der Waals surface area contributed by atoms with E-state index in [9.17, 15) is 14.9 Å². The summed E-state index contributed by atoms with van der Waals surface area (Å²) in [5.41, 5.74) is 7.75. The number of primary amides is 1. The standard InChI is InChI=1S/C22H25N5O2/c1-15(16-7-3-2-4-8-16)14-26-21(28)19-20(27(22(24)29)12-11-25-19)18-10-6-5-9-17(18)13-23/h2-10,15,19-20,25H,11-12,14H2,1H3,(H2,24,29)(H,26,28). The quantitative estimate of drug-likeness (QED) is 0.722. The fraction of sp³-hybridized carbons (Fsp3) is 0.318. The van der Waals surface area contributed by atoms with Gasteiger partial charge in [0.2, 0.25) is 5.91 Å². The minimum absolute atomic E-state index is 0.140. The van der Waals surface area contributed by atoms with Gasteiger partial charge >= 0.3 is 6.03 Å². The second-order valence-electron chi connectivity index (χ2n) is 7.16. The molecule has 0 radical (unpaired) electrons. The van der Waals surface area contributed by atoms with Crippen molar-refractivity contribution in [2.24, 2.45) is 5.73 Å².